The van der Waals surface area contributed by atoms with Crippen LogP contribution >= 0.6 is 11.3 Å². The van der Waals surface area contributed by atoms with Gasteiger partial charge in [0.2, 0.25) is 5.91 Å². The van der Waals surface area contributed by atoms with Crippen molar-refractivity contribution in [3.63, 3.8) is 0 Å². The number of amides is 1. The standard InChI is InChI=1S/C14H14F3N3O3S/c1-3-10(21)19-13(11(22)23-2,14(15,16)17)20-12-18-8-6-4-5-7-9(8)24-12/h4-7H,3H2,1-2H3,(H,18,20)(H,19,21)/t13-/m1/s1. The number of carbonyl (C=O) groups is 2. The van der Waals surface area contributed by atoms with E-state index in [0.29, 0.717) is 10.2 Å². The molecule has 0 unspecified atom stereocenters. The lowest BCUT2D eigenvalue weighted by molar-refractivity contribution is -0.206. The minimum atomic E-state index is -5.15. The molecule has 0 aliphatic carbocycles. The largest absolute Gasteiger partial charge is 0.466 e. The Morgan fingerprint density at radius 1 is 1.29 bits per heavy atom. The van der Waals surface area contributed by atoms with Crippen LogP contribution in [-0.4, -0.2) is 35.8 Å². The minimum absolute atomic E-state index is 0.171. The minimum Gasteiger partial charge on any atom is -0.466 e. The molecule has 2 N–H and O–H groups in total. The summed E-state index contributed by atoms with van der Waals surface area (Å²) in [4.78, 5) is 27.5. The first-order valence-electron chi connectivity index (χ1n) is 6.83. The molecule has 0 radical (unpaired) electrons. The number of methoxy groups -OCH3 is 1. The fourth-order valence-electron chi connectivity index (χ4n) is 1.93. The maximum Gasteiger partial charge on any atom is 0.442 e. The van der Waals surface area contributed by atoms with E-state index in [4.69, 9.17) is 0 Å². The zero-order valence-corrected chi connectivity index (χ0v) is 13.5. The molecule has 6 nitrogen and oxygen atoms in total. The van der Waals surface area contributed by atoms with Crippen LogP contribution in [0.5, 0.6) is 0 Å². The fraction of sp³-hybridized carbons (Fsp3) is 0.357. The molecule has 1 aromatic carbocycles. The molecule has 1 aromatic heterocycles. The highest BCUT2D eigenvalue weighted by molar-refractivity contribution is 7.22. The van der Waals surface area contributed by atoms with Crippen molar-refractivity contribution in [2.24, 2.45) is 0 Å². The summed E-state index contributed by atoms with van der Waals surface area (Å²) in [5.74, 6) is -2.65. The Labute approximate surface area is 139 Å². The van der Waals surface area contributed by atoms with E-state index in [1.165, 1.54) is 6.92 Å². The van der Waals surface area contributed by atoms with Crippen LogP contribution in [0.25, 0.3) is 10.2 Å². The first-order valence-corrected chi connectivity index (χ1v) is 7.65. The van der Waals surface area contributed by atoms with Crippen LogP contribution in [-0.2, 0) is 14.3 Å². The first kappa shape index (κ1) is 18.0. The van der Waals surface area contributed by atoms with Gasteiger partial charge >= 0.3 is 17.8 Å². The molecule has 10 heteroatoms. The van der Waals surface area contributed by atoms with Gasteiger partial charge in [0.25, 0.3) is 0 Å². The van der Waals surface area contributed by atoms with E-state index in [0.717, 1.165) is 18.4 Å². The molecule has 0 saturated heterocycles. The van der Waals surface area contributed by atoms with Crippen molar-refractivity contribution in [1.29, 1.82) is 0 Å². The number of esters is 1. The number of fused-ring (bicyclic) bond motifs is 1. The lowest BCUT2D eigenvalue weighted by Crippen LogP contribution is -2.69. The number of nitrogens with one attached hydrogen (secondary N) is 2. The molecule has 24 heavy (non-hydrogen) atoms. The molecule has 0 aliphatic rings. The van der Waals surface area contributed by atoms with E-state index in [2.05, 4.69) is 9.72 Å². The molecule has 1 amide bonds. The van der Waals surface area contributed by atoms with Crippen molar-refractivity contribution in [1.82, 2.24) is 10.3 Å². The molecular formula is C14H14F3N3O3S. The molecular weight excluding hydrogens is 347 g/mol. The topological polar surface area (TPSA) is 80.3 Å². The number of hydrogen-bond donors (Lipinski definition) is 2. The second-order valence-corrected chi connectivity index (χ2v) is 5.78. The monoisotopic (exact) mass is 361 g/mol. The molecule has 0 fully saturated rings. The number of aromatic nitrogens is 1. The Hall–Kier alpha value is -2.36. The van der Waals surface area contributed by atoms with Crippen LogP contribution in [0.2, 0.25) is 0 Å². The Bertz CT molecular complexity index is 729. The number of thiazole rings is 1. The molecule has 0 aliphatic heterocycles. The maximum absolute atomic E-state index is 13.6. The van der Waals surface area contributed by atoms with E-state index in [9.17, 15) is 22.8 Å². The predicted octanol–water partition coefficient (Wildman–Crippen LogP) is 2.67. The summed E-state index contributed by atoms with van der Waals surface area (Å²) in [6.07, 6.45) is -5.39. The van der Waals surface area contributed by atoms with Crippen LogP contribution < -0.4 is 10.6 Å². The Morgan fingerprint density at radius 3 is 2.50 bits per heavy atom. The number of nitrogens with zero attached hydrogens (tertiary/aromatic N) is 1. The van der Waals surface area contributed by atoms with Crippen molar-refractivity contribution < 1.29 is 27.5 Å². The average Bonchev–Trinajstić information content (AvgIpc) is 2.94. The number of halogens is 3. The van der Waals surface area contributed by atoms with E-state index in [-0.39, 0.29) is 11.6 Å². The first-order chi connectivity index (χ1) is 11.2. The number of anilines is 1. The predicted molar refractivity (Wildman–Crippen MR) is 82.5 cm³/mol. The Kier molecular flexibility index (Phi) is 4.97. The Balaban J connectivity index is 2.50. The SMILES string of the molecule is CCC(=O)N[C@@](Nc1nc2ccccc2s1)(C(=O)OC)C(F)(F)F. The third-order valence-corrected chi connectivity index (χ3v) is 4.10. The van der Waals surface area contributed by atoms with Crippen LogP contribution in [0.4, 0.5) is 18.3 Å². The number of rotatable bonds is 5. The van der Waals surface area contributed by atoms with Crippen LogP contribution in [0.3, 0.4) is 0 Å². The number of alkyl halides is 3. The number of para-hydroxylation sites is 1. The zero-order valence-electron chi connectivity index (χ0n) is 12.7. The van der Waals surface area contributed by atoms with Gasteiger partial charge in [0, 0.05) is 6.42 Å². The number of ether oxygens (including phenoxy) is 1. The van der Waals surface area contributed by atoms with Crippen molar-refractivity contribution in [2.75, 3.05) is 12.4 Å². The van der Waals surface area contributed by atoms with Gasteiger partial charge in [0.1, 0.15) is 0 Å². The van der Waals surface area contributed by atoms with E-state index >= 15 is 0 Å². The van der Waals surface area contributed by atoms with Crippen molar-refractivity contribution in [3.05, 3.63) is 24.3 Å². The zero-order chi connectivity index (χ0) is 18.0. The smallest absolute Gasteiger partial charge is 0.442 e. The van der Waals surface area contributed by atoms with Gasteiger partial charge in [-0.3, -0.25) is 4.79 Å². The van der Waals surface area contributed by atoms with Gasteiger partial charge in [0.05, 0.1) is 17.3 Å². The van der Waals surface area contributed by atoms with Crippen molar-refractivity contribution in [2.45, 2.75) is 25.2 Å². The van der Waals surface area contributed by atoms with E-state index < -0.39 is 23.7 Å². The quantitative estimate of drug-likeness (QED) is 0.632. The summed E-state index contributed by atoms with van der Waals surface area (Å²) < 4.78 is 45.9. The normalized spacial score (nSPS) is 14.0. The molecule has 2 aromatic rings. The van der Waals surface area contributed by atoms with Crippen molar-refractivity contribution >= 4 is 38.6 Å². The summed E-state index contributed by atoms with van der Waals surface area (Å²) in [6.45, 7) is 1.37. The van der Waals surface area contributed by atoms with E-state index in [1.54, 1.807) is 29.6 Å². The second-order valence-electron chi connectivity index (χ2n) is 4.75. The summed E-state index contributed by atoms with van der Waals surface area (Å²) in [7, 11) is 0.807. The van der Waals surface area contributed by atoms with Gasteiger partial charge in [-0.25, -0.2) is 9.78 Å². The molecule has 0 spiro atoms. The number of benzene rings is 1. The summed E-state index contributed by atoms with van der Waals surface area (Å²) in [5, 5.41) is 3.52. The van der Waals surface area contributed by atoms with Gasteiger partial charge in [-0.15, -0.1) is 0 Å². The highest BCUT2D eigenvalue weighted by Crippen LogP contribution is 2.35. The molecule has 0 bridgehead atoms. The van der Waals surface area contributed by atoms with Gasteiger partial charge in [0.15, 0.2) is 5.13 Å². The third-order valence-electron chi connectivity index (χ3n) is 3.15. The summed E-state index contributed by atoms with van der Waals surface area (Å²) in [5.41, 5.74) is -2.95. The van der Waals surface area contributed by atoms with Crippen LogP contribution in [0, 0.1) is 0 Å². The van der Waals surface area contributed by atoms with E-state index in [1.807, 2.05) is 5.32 Å². The van der Waals surface area contributed by atoms with Gasteiger partial charge in [-0.2, -0.15) is 13.2 Å². The van der Waals surface area contributed by atoms with Gasteiger partial charge in [-0.1, -0.05) is 30.4 Å². The lowest BCUT2D eigenvalue weighted by atomic mass is 10.1. The number of hydrogen-bond acceptors (Lipinski definition) is 6. The summed E-state index contributed by atoms with van der Waals surface area (Å²) in [6, 6.07) is 6.69. The summed E-state index contributed by atoms with van der Waals surface area (Å²) >= 11 is 0.922. The van der Waals surface area contributed by atoms with Crippen molar-refractivity contribution in [3.8, 4) is 0 Å². The molecule has 1 heterocycles. The molecule has 0 saturated carbocycles. The second kappa shape index (κ2) is 6.63. The highest BCUT2D eigenvalue weighted by Gasteiger charge is 2.63. The molecule has 2 rings (SSSR count). The molecule has 1 atom stereocenters. The van der Waals surface area contributed by atoms with Crippen LogP contribution in [0.15, 0.2) is 24.3 Å². The highest BCUT2D eigenvalue weighted by atomic mass is 32.1. The lowest BCUT2D eigenvalue weighted by Gasteiger charge is -2.33. The Morgan fingerprint density at radius 2 is 1.96 bits per heavy atom. The fourth-order valence-corrected chi connectivity index (χ4v) is 2.85. The maximum atomic E-state index is 13.6. The number of carbonyl (C=O) groups excluding carboxylic acids is 2. The van der Waals surface area contributed by atoms with Gasteiger partial charge in [-0.05, 0) is 12.1 Å². The van der Waals surface area contributed by atoms with Crippen LogP contribution in [0.1, 0.15) is 13.3 Å². The average molecular weight is 361 g/mol. The molecule has 130 valence electrons. The third kappa shape index (κ3) is 3.28. The van der Waals surface area contributed by atoms with Gasteiger partial charge < -0.3 is 15.4 Å².